The molecule has 138 valence electrons. The number of hydrogen-bond donors (Lipinski definition) is 2. The molecule has 0 aromatic heterocycles. The summed E-state index contributed by atoms with van der Waals surface area (Å²) in [5, 5.41) is 8.77. The van der Waals surface area contributed by atoms with Crippen molar-refractivity contribution in [2.45, 2.75) is 25.3 Å². The maximum atomic E-state index is 12.8. The second-order valence-corrected chi connectivity index (χ2v) is 5.75. The Kier molecular flexibility index (Phi) is 6.60. The number of methoxy groups -OCH3 is 3. The molecule has 1 saturated heterocycles. The Hall–Kier alpha value is -2.32. The van der Waals surface area contributed by atoms with E-state index in [4.69, 9.17) is 19.4 Å². The quantitative estimate of drug-likeness (QED) is 0.412. The van der Waals surface area contributed by atoms with Gasteiger partial charge in [0.15, 0.2) is 11.5 Å². The SMILES string of the molecule is COCCCc1cc(C(=O)N2CC[C@@H]2C(=O)NO)cc(OC)c1OC. The Morgan fingerprint density at radius 1 is 1.28 bits per heavy atom. The van der Waals surface area contributed by atoms with Crippen molar-refractivity contribution in [3.05, 3.63) is 23.3 Å². The van der Waals surface area contributed by atoms with E-state index >= 15 is 0 Å². The first-order valence-corrected chi connectivity index (χ1v) is 8.06. The first-order chi connectivity index (χ1) is 12.1. The molecular weight excluding hydrogens is 328 g/mol. The van der Waals surface area contributed by atoms with Gasteiger partial charge in [-0.2, -0.15) is 0 Å². The summed E-state index contributed by atoms with van der Waals surface area (Å²) in [6, 6.07) is 2.71. The molecule has 8 nitrogen and oxygen atoms in total. The third-order valence-corrected chi connectivity index (χ3v) is 4.29. The number of nitrogens with one attached hydrogen (secondary N) is 1. The number of aryl methyl sites for hydroxylation is 1. The summed E-state index contributed by atoms with van der Waals surface area (Å²) in [5.41, 5.74) is 2.85. The standard InChI is InChI=1S/C17H24N2O6/c1-23-8-4-5-11-9-12(10-14(24-2)15(11)25-3)17(21)19-7-6-13(19)16(20)18-22/h9-10,13,22H,4-8H2,1-3H3,(H,18,20)/t13-/m1/s1. The van der Waals surface area contributed by atoms with Crippen molar-refractivity contribution < 1.29 is 29.0 Å². The minimum atomic E-state index is -0.650. The molecule has 1 aromatic carbocycles. The molecule has 0 spiro atoms. The third kappa shape index (κ3) is 4.02. The lowest BCUT2D eigenvalue weighted by molar-refractivity contribution is -0.137. The average Bonchev–Trinajstić information content (AvgIpc) is 2.59. The fourth-order valence-electron chi connectivity index (χ4n) is 2.90. The van der Waals surface area contributed by atoms with Crippen LogP contribution in [0.15, 0.2) is 12.1 Å². The van der Waals surface area contributed by atoms with Gasteiger partial charge in [-0.1, -0.05) is 0 Å². The van der Waals surface area contributed by atoms with Crippen LogP contribution in [0.3, 0.4) is 0 Å². The number of likely N-dealkylation sites (tertiary alicyclic amines) is 1. The molecule has 8 heteroatoms. The monoisotopic (exact) mass is 352 g/mol. The minimum absolute atomic E-state index is 0.284. The first kappa shape index (κ1) is 19.0. The van der Waals surface area contributed by atoms with Crippen molar-refractivity contribution in [3.63, 3.8) is 0 Å². The number of amides is 2. The van der Waals surface area contributed by atoms with Crippen LogP contribution in [0.5, 0.6) is 11.5 Å². The van der Waals surface area contributed by atoms with Crippen LogP contribution in [0, 0.1) is 0 Å². The van der Waals surface area contributed by atoms with E-state index in [2.05, 4.69) is 0 Å². The van der Waals surface area contributed by atoms with E-state index in [0.29, 0.717) is 43.1 Å². The van der Waals surface area contributed by atoms with Crippen LogP contribution in [-0.2, 0) is 16.0 Å². The fourth-order valence-corrected chi connectivity index (χ4v) is 2.90. The van der Waals surface area contributed by atoms with Gasteiger partial charge in [-0.25, -0.2) is 5.48 Å². The van der Waals surface area contributed by atoms with Crippen LogP contribution >= 0.6 is 0 Å². The fraction of sp³-hybridized carbons (Fsp3) is 0.529. The van der Waals surface area contributed by atoms with Gasteiger partial charge < -0.3 is 19.1 Å². The molecule has 2 rings (SSSR count). The van der Waals surface area contributed by atoms with Crippen LogP contribution in [0.1, 0.15) is 28.8 Å². The lowest BCUT2D eigenvalue weighted by Gasteiger charge is -2.39. The molecule has 0 radical (unpaired) electrons. The number of nitrogens with zero attached hydrogens (tertiary/aromatic N) is 1. The molecule has 1 atom stereocenters. The summed E-state index contributed by atoms with van der Waals surface area (Å²) in [5.74, 6) is 0.182. The molecule has 0 unspecified atom stereocenters. The largest absolute Gasteiger partial charge is 0.493 e. The van der Waals surface area contributed by atoms with Gasteiger partial charge >= 0.3 is 0 Å². The highest BCUT2D eigenvalue weighted by Gasteiger charge is 2.38. The smallest absolute Gasteiger partial charge is 0.266 e. The predicted molar refractivity (Wildman–Crippen MR) is 89.1 cm³/mol. The molecule has 0 saturated carbocycles. The highest BCUT2D eigenvalue weighted by molar-refractivity contribution is 5.99. The molecule has 1 heterocycles. The topological polar surface area (TPSA) is 97.3 Å². The van der Waals surface area contributed by atoms with Gasteiger partial charge in [-0.15, -0.1) is 0 Å². The normalized spacial score (nSPS) is 16.2. The van der Waals surface area contributed by atoms with E-state index in [-0.39, 0.29) is 5.91 Å². The number of ether oxygens (including phenoxy) is 3. The Bertz CT molecular complexity index is 634. The Labute approximate surface area is 146 Å². The van der Waals surface area contributed by atoms with Gasteiger partial charge in [0.05, 0.1) is 14.2 Å². The van der Waals surface area contributed by atoms with Crippen molar-refractivity contribution in [1.29, 1.82) is 0 Å². The second kappa shape index (κ2) is 8.68. The zero-order chi connectivity index (χ0) is 18.4. The van der Waals surface area contributed by atoms with Gasteiger partial charge in [0.2, 0.25) is 0 Å². The second-order valence-electron chi connectivity index (χ2n) is 5.75. The summed E-state index contributed by atoms with van der Waals surface area (Å²) in [4.78, 5) is 25.8. The van der Waals surface area contributed by atoms with Gasteiger partial charge in [-0.05, 0) is 37.0 Å². The molecule has 0 aliphatic carbocycles. The molecule has 0 bridgehead atoms. The maximum absolute atomic E-state index is 12.8. The molecule has 1 aromatic rings. The molecular formula is C17H24N2O6. The van der Waals surface area contributed by atoms with Crippen LogP contribution in [-0.4, -0.2) is 62.4 Å². The summed E-state index contributed by atoms with van der Waals surface area (Å²) in [6.45, 7) is 1.05. The van der Waals surface area contributed by atoms with Crippen molar-refractivity contribution in [1.82, 2.24) is 10.4 Å². The number of benzene rings is 1. The molecule has 1 aliphatic rings. The molecule has 2 amide bonds. The number of carbonyl (C=O) groups is 2. The van der Waals surface area contributed by atoms with Gasteiger partial charge in [-0.3, -0.25) is 14.8 Å². The highest BCUT2D eigenvalue weighted by atomic mass is 16.5. The zero-order valence-corrected chi connectivity index (χ0v) is 14.7. The summed E-state index contributed by atoms with van der Waals surface area (Å²) in [7, 11) is 4.70. The van der Waals surface area contributed by atoms with Crippen molar-refractivity contribution in [2.75, 3.05) is 34.5 Å². The third-order valence-electron chi connectivity index (χ3n) is 4.29. The Morgan fingerprint density at radius 2 is 2.04 bits per heavy atom. The highest BCUT2D eigenvalue weighted by Crippen LogP contribution is 2.34. The summed E-state index contributed by atoms with van der Waals surface area (Å²) in [6.07, 6.45) is 1.95. The van der Waals surface area contributed by atoms with Crippen LogP contribution in [0.4, 0.5) is 0 Å². The van der Waals surface area contributed by atoms with E-state index in [0.717, 1.165) is 12.0 Å². The molecule has 1 aliphatic heterocycles. The van der Waals surface area contributed by atoms with Crippen molar-refractivity contribution in [3.8, 4) is 11.5 Å². The minimum Gasteiger partial charge on any atom is -0.493 e. The van der Waals surface area contributed by atoms with Gasteiger partial charge in [0.1, 0.15) is 6.04 Å². The maximum Gasteiger partial charge on any atom is 0.266 e. The van der Waals surface area contributed by atoms with Crippen LogP contribution in [0.25, 0.3) is 0 Å². The number of hydrogen-bond acceptors (Lipinski definition) is 6. The van der Waals surface area contributed by atoms with E-state index < -0.39 is 11.9 Å². The lowest BCUT2D eigenvalue weighted by atomic mass is 9.98. The molecule has 1 fully saturated rings. The zero-order valence-electron chi connectivity index (χ0n) is 14.7. The molecule has 2 N–H and O–H groups in total. The predicted octanol–water partition coefficient (Wildman–Crippen LogP) is 1.00. The Morgan fingerprint density at radius 3 is 2.56 bits per heavy atom. The van der Waals surface area contributed by atoms with E-state index in [1.54, 1.807) is 31.8 Å². The average molecular weight is 352 g/mol. The Balaban J connectivity index is 2.29. The number of hydroxylamine groups is 1. The lowest BCUT2D eigenvalue weighted by Crippen LogP contribution is -2.57. The van der Waals surface area contributed by atoms with Crippen LogP contribution < -0.4 is 15.0 Å². The van der Waals surface area contributed by atoms with E-state index in [1.807, 2.05) is 0 Å². The van der Waals surface area contributed by atoms with Crippen LogP contribution in [0.2, 0.25) is 0 Å². The number of carbonyl (C=O) groups excluding carboxylic acids is 2. The summed E-state index contributed by atoms with van der Waals surface area (Å²) < 4.78 is 15.9. The van der Waals surface area contributed by atoms with Crippen molar-refractivity contribution in [2.24, 2.45) is 0 Å². The van der Waals surface area contributed by atoms with Gasteiger partial charge in [0, 0.05) is 25.8 Å². The molecule has 25 heavy (non-hydrogen) atoms. The number of rotatable bonds is 8. The first-order valence-electron chi connectivity index (χ1n) is 8.06. The van der Waals surface area contributed by atoms with Crippen molar-refractivity contribution >= 4 is 11.8 Å². The summed E-state index contributed by atoms with van der Waals surface area (Å²) >= 11 is 0. The van der Waals surface area contributed by atoms with E-state index in [9.17, 15) is 9.59 Å². The van der Waals surface area contributed by atoms with E-state index in [1.165, 1.54) is 12.0 Å². The van der Waals surface area contributed by atoms with Gasteiger partial charge in [0.25, 0.3) is 11.8 Å².